The van der Waals surface area contributed by atoms with Gasteiger partial charge in [-0.05, 0) is 128 Å². The molecular weight excluding hydrogens is 737 g/mol. The largest absolute Gasteiger partial charge is 0.439 e. The van der Waals surface area contributed by atoms with Crippen LogP contribution in [0, 0.1) is 45.3 Å². The molecule has 310 valence electrons. The van der Waals surface area contributed by atoms with Crippen molar-refractivity contribution in [3.63, 3.8) is 0 Å². The molecule has 6 fully saturated rings. The minimum absolute atomic E-state index is 0.0500. The lowest BCUT2D eigenvalue weighted by molar-refractivity contribution is -0.218. The van der Waals surface area contributed by atoms with Gasteiger partial charge in [-0.25, -0.2) is 8.78 Å². The Morgan fingerprint density at radius 2 is 1.05 bits per heavy atom. The van der Waals surface area contributed by atoms with Crippen LogP contribution in [0.25, 0.3) is 0 Å². The van der Waals surface area contributed by atoms with E-state index in [4.69, 9.17) is 9.31 Å². The SMILES string of the molecule is CC(OBOC(C)C(=O)C1(O)CCC2C3CCC4=CC(=O)C=CC4(C)C3(F)C(O)CC21C)C(=O)C1(O)CCC2C3CCC4=CC(=O)C=CC4(C)C3(F)C(O)CC21C. The number of alkyl halides is 2. The molecule has 0 saturated heterocycles. The van der Waals surface area contributed by atoms with Gasteiger partial charge in [-0.3, -0.25) is 19.2 Å². The molecule has 0 bridgehead atoms. The second-order valence-corrected chi connectivity index (χ2v) is 19.8. The molecule has 4 N–H and O–H groups in total. The Labute approximate surface area is 333 Å². The van der Waals surface area contributed by atoms with E-state index in [0.717, 1.165) is 0 Å². The van der Waals surface area contributed by atoms with Crippen LogP contribution in [0.15, 0.2) is 47.6 Å². The van der Waals surface area contributed by atoms with E-state index < -0.39 is 112 Å². The molecule has 16 unspecified atom stereocenters. The van der Waals surface area contributed by atoms with Gasteiger partial charge in [-0.2, -0.15) is 0 Å². The van der Waals surface area contributed by atoms with Crippen molar-refractivity contribution in [3.8, 4) is 0 Å². The van der Waals surface area contributed by atoms with Crippen molar-refractivity contribution >= 4 is 30.8 Å². The monoisotopic (exact) mass is 794 g/mol. The summed E-state index contributed by atoms with van der Waals surface area (Å²) in [6.07, 6.45) is 5.47. The zero-order chi connectivity index (χ0) is 41.5. The summed E-state index contributed by atoms with van der Waals surface area (Å²) in [4.78, 5) is 52.6. The Morgan fingerprint density at radius 1 is 0.684 bits per heavy atom. The van der Waals surface area contributed by atoms with Gasteiger partial charge in [0.05, 0.1) is 12.2 Å². The van der Waals surface area contributed by atoms with Crippen LogP contribution in [0.4, 0.5) is 8.78 Å². The molecule has 0 aromatic rings. The molecule has 0 aliphatic heterocycles. The van der Waals surface area contributed by atoms with Crippen molar-refractivity contribution in [2.75, 3.05) is 0 Å². The van der Waals surface area contributed by atoms with Crippen LogP contribution in [-0.2, 0) is 28.5 Å². The molecule has 8 aliphatic rings. The molecule has 6 saturated carbocycles. The summed E-state index contributed by atoms with van der Waals surface area (Å²) in [5.41, 5.74) is -11.5. The number of ketones is 4. The average Bonchev–Trinajstić information content (AvgIpc) is 3.58. The highest BCUT2D eigenvalue weighted by Crippen LogP contribution is 2.71. The lowest BCUT2D eigenvalue weighted by atomic mass is 9.44. The second-order valence-electron chi connectivity index (χ2n) is 19.8. The van der Waals surface area contributed by atoms with Crippen LogP contribution < -0.4 is 0 Å². The van der Waals surface area contributed by atoms with Gasteiger partial charge < -0.3 is 29.7 Å². The number of aliphatic hydroxyl groups is 4. The topological polar surface area (TPSA) is 168 Å². The minimum atomic E-state index is -2.10. The van der Waals surface area contributed by atoms with Crippen LogP contribution in [0.1, 0.15) is 106 Å². The molecule has 16 atom stereocenters. The van der Waals surface area contributed by atoms with Gasteiger partial charge in [0.1, 0.15) is 23.4 Å². The molecule has 0 heterocycles. The second kappa shape index (κ2) is 12.9. The van der Waals surface area contributed by atoms with E-state index in [9.17, 15) is 39.6 Å². The number of Topliss-reactive ketones (excluding diaryl/α,β-unsaturated/α-hetero) is 2. The fourth-order valence-electron chi connectivity index (χ4n) is 14.3. The smallest absolute Gasteiger partial charge is 0.404 e. The first kappa shape index (κ1) is 41.1. The van der Waals surface area contributed by atoms with Crippen molar-refractivity contribution in [2.24, 2.45) is 45.3 Å². The number of hydrogen-bond donors (Lipinski definition) is 4. The number of hydrogen-bond acceptors (Lipinski definition) is 10. The number of halogens is 2. The van der Waals surface area contributed by atoms with E-state index in [0.29, 0.717) is 49.7 Å². The summed E-state index contributed by atoms with van der Waals surface area (Å²) >= 11 is 0. The zero-order valence-electron chi connectivity index (χ0n) is 33.9. The van der Waals surface area contributed by atoms with Crippen molar-refractivity contribution in [1.29, 1.82) is 0 Å². The highest BCUT2D eigenvalue weighted by Gasteiger charge is 2.76. The van der Waals surface area contributed by atoms with Crippen LogP contribution in [0.5, 0.6) is 0 Å². The van der Waals surface area contributed by atoms with Gasteiger partial charge in [0.15, 0.2) is 34.5 Å². The van der Waals surface area contributed by atoms with E-state index in [1.165, 1.54) is 38.2 Å². The Morgan fingerprint density at radius 3 is 1.42 bits per heavy atom. The quantitative estimate of drug-likeness (QED) is 0.259. The predicted octanol–water partition coefficient (Wildman–Crippen LogP) is 4.41. The molecule has 8 aliphatic carbocycles. The number of rotatable bonds is 8. The Bertz CT molecular complexity index is 1800. The Balaban J connectivity index is 0.929. The van der Waals surface area contributed by atoms with Crippen LogP contribution >= 0.6 is 0 Å². The van der Waals surface area contributed by atoms with Gasteiger partial charge in [-0.15, -0.1) is 0 Å². The molecular formula is C44H57BF2O10. The maximum atomic E-state index is 17.5. The third-order valence-electron chi connectivity index (χ3n) is 17.8. The van der Waals surface area contributed by atoms with Gasteiger partial charge in [-0.1, -0.05) is 37.1 Å². The van der Waals surface area contributed by atoms with Crippen molar-refractivity contribution in [1.82, 2.24) is 0 Å². The summed E-state index contributed by atoms with van der Waals surface area (Å²) in [7, 11) is -0.527. The molecule has 0 spiro atoms. The molecule has 8 rings (SSSR count). The van der Waals surface area contributed by atoms with Crippen LogP contribution in [-0.4, -0.2) is 98.2 Å². The summed E-state index contributed by atoms with van der Waals surface area (Å²) in [6.45, 7) is 9.86. The van der Waals surface area contributed by atoms with E-state index in [1.807, 2.05) is 0 Å². The highest BCUT2D eigenvalue weighted by atomic mass is 19.1. The molecule has 57 heavy (non-hydrogen) atoms. The van der Waals surface area contributed by atoms with E-state index in [2.05, 4.69) is 0 Å². The number of fused-ring (bicyclic) bond motifs is 10. The van der Waals surface area contributed by atoms with Crippen molar-refractivity contribution in [3.05, 3.63) is 47.6 Å². The van der Waals surface area contributed by atoms with Gasteiger partial charge in [0.2, 0.25) is 0 Å². The zero-order valence-corrected chi connectivity index (χ0v) is 33.9. The minimum Gasteiger partial charge on any atom is -0.404 e. The first-order chi connectivity index (χ1) is 26.5. The standard InChI is InChI=1S/C44H57BF2O10/c1-23(35(52)41(54)17-13-29-31-9-7-25-19-27(48)11-15-37(25,3)43(31,46)33(50)21-39(29,41)5)56-45-57-24(2)36(53)42(55)18-14-30-32-10-8-26-20-28(49)12-16-38(26,4)44(32,47)34(51)22-40(30,42)6/h11-12,15-16,19-20,23-24,29-34,45,50-51,54-55H,7-10,13-14,17-18,21-22H2,1-6H3. The first-order valence-corrected chi connectivity index (χ1v) is 20.9. The summed E-state index contributed by atoms with van der Waals surface area (Å²) < 4.78 is 46.6. The number of carbonyl (C=O) groups excluding carboxylic acids is 4. The summed E-state index contributed by atoms with van der Waals surface area (Å²) in [5, 5.41) is 47.6. The third kappa shape index (κ3) is 5.02. The summed E-state index contributed by atoms with van der Waals surface area (Å²) in [5.74, 6) is -3.88. The number of allylic oxidation sites excluding steroid dienone is 8. The van der Waals surface area contributed by atoms with Crippen molar-refractivity contribution < 1.29 is 57.7 Å². The Hall–Kier alpha value is -2.68. The van der Waals surface area contributed by atoms with E-state index in [1.54, 1.807) is 39.8 Å². The molecule has 0 amide bonds. The molecule has 0 aromatic heterocycles. The first-order valence-electron chi connectivity index (χ1n) is 20.9. The normalized spacial score (nSPS) is 50.6. The average molecular weight is 795 g/mol. The number of aliphatic hydroxyl groups excluding tert-OH is 2. The lowest BCUT2D eigenvalue weighted by Crippen LogP contribution is -2.69. The highest BCUT2D eigenvalue weighted by molar-refractivity contribution is 6.20. The predicted molar refractivity (Wildman–Crippen MR) is 205 cm³/mol. The fraction of sp³-hybridized carbons (Fsp3) is 0.727. The maximum Gasteiger partial charge on any atom is 0.439 e. The molecule has 10 nitrogen and oxygen atoms in total. The van der Waals surface area contributed by atoms with Crippen LogP contribution in [0.3, 0.4) is 0 Å². The van der Waals surface area contributed by atoms with Gasteiger partial charge in [0.25, 0.3) is 0 Å². The van der Waals surface area contributed by atoms with Gasteiger partial charge >= 0.3 is 7.69 Å². The fourth-order valence-corrected chi connectivity index (χ4v) is 14.3. The maximum absolute atomic E-state index is 17.5. The summed E-state index contributed by atoms with van der Waals surface area (Å²) in [6, 6.07) is 0. The Kier molecular flexibility index (Phi) is 9.31. The molecule has 0 aromatic carbocycles. The molecule has 0 radical (unpaired) electrons. The van der Waals surface area contributed by atoms with Gasteiger partial charge in [0, 0.05) is 33.5 Å². The number of carbonyl (C=O) groups is 4. The van der Waals surface area contributed by atoms with E-state index >= 15 is 8.78 Å². The van der Waals surface area contributed by atoms with Crippen molar-refractivity contribution in [2.45, 2.75) is 153 Å². The van der Waals surface area contributed by atoms with Crippen LogP contribution in [0.2, 0.25) is 0 Å². The third-order valence-corrected chi connectivity index (χ3v) is 17.8. The van der Waals surface area contributed by atoms with E-state index in [-0.39, 0.29) is 37.2 Å². The lowest BCUT2D eigenvalue weighted by Gasteiger charge is -2.62. The molecule has 13 heteroatoms.